The lowest BCUT2D eigenvalue weighted by Crippen LogP contribution is -2.24. The first kappa shape index (κ1) is 10.6. The molecule has 1 aromatic carbocycles. The van der Waals surface area contributed by atoms with Crippen molar-refractivity contribution in [2.75, 3.05) is 5.32 Å². The Kier molecular flexibility index (Phi) is 2.35. The van der Waals surface area contributed by atoms with Gasteiger partial charge in [0.15, 0.2) is 0 Å². The number of carbonyl (C=O) groups is 1. The Labute approximate surface area is 101 Å². The van der Waals surface area contributed by atoms with Crippen LogP contribution < -0.4 is 11.1 Å². The van der Waals surface area contributed by atoms with Crippen LogP contribution in [0, 0.1) is 6.92 Å². The van der Waals surface area contributed by atoms with Gasteiger partial charge in [0.05, 0.1) is 11.3 Å². The molecule has 1 amide bonds. The Morgan fingerprint density at radius 1 is 1.35 bits per heavy atom. The number of carbonyl (C=O) groups excluding carboxylic acids is 1. The average molecular weight is 230 g/mol. The number of benzene rings is 1. The highest BCUT2D eigenvalue weighted by molar-refractivity contribution is 6.00. The molecule has 0 saturated heterocycles. The van der Waals surface area contributed by atoms with Crippen molar-refractivity contribution < 1.29 is 4.79 Å². The van der Waals surface area contributed by atoms with Gasteiger partial charge < -0.3 is 11.1 Å². The van der Waals surface area contributed by atoms with E-state index in [1.807, 2.05) is 12.1 Å². The molecule has 17 heavy (non-hydrogen) atoms. The highest BCUT2D eigenvalue weighted by Crippen LogP contribution is 2.46. The normalized spacial score (nSPS) is 25.9. The van der Waals surface area contributed by atoms with Crippen LogP contribution in [-0.2, 0) is 0 Å². The molecule has 1 heterocycles. The summed E-state index contributed by atoms with van der Waals surface area (Å²) in [5, 5.41) is 3.53. The fourth-order valence-corrected chi connectivity index (χ4v) is 3.40. The first-order valence-electron chi connectivity index (χ1n) is 6.38. The van der Waals surface area contributed by atoms with Crippen LogP contribution in [0.4, 0.5) is 5.69 Å². The summed E-state index contributed by atoms with van der Waals surface area (Å²) >= 11 is 0. The monoisotopic (exact) mass is 230 g/mol. The summed E-state index contributed by atoms with van der Waals surface area (Å²) in [6.07, 6.45) is 5.01. The average Bonchev–Trinajstić information content (AvgIpc) is 2.68. The minimum absolute atomic E-state index is 0.326. The van der Waals surface area contributed by atoms with Crippen molar-refractivity contribution in [1.29, 1.82) is 0 Å². The highest BCUT2D eigenvalue weighted by Gasteiger charge is 2.36. The summed E-state index contributed by atoms with van der Waals surface area (Å²) in [7, 11) is 0. The Balaban J connectivity index is 2.13. The summed E-state index contributed by atoms with van der Waals surface area (Å²) < 4.78 is 0. The third-order valence-electron chi connectivity index (χ3n) is 4.20. The summed E-state index contributed by atoms with van der Waals surface area (Å²) in [6, 6.07) is 4.39. The maximum Gasteiger partial charge on any atom is 0.250 e. The zero-order valence-electron chi connectivity index (χ0n) is 10.1. The van der Waals surface area contributed by atoms with Crippen LogP contribution in [0.2, 0.25) is 0 Å². The minimum atomic E-state index is -0.326. The van der Waals surface area contributed by atoms with Gasteiger partial charge in [-0.3, -0.25) is 4.79 Å². The zero-order chi connectivity index (χ0) is 12.0. The van der Waals surface area contributed by atoms with Gasteiger partial charge in [-0.1, -0.05) is 18.9 Å². The third-order valence-corrected chi connectivity index (χ3v) is 4.20. The standard InChI is InChI=1S/C14H18N2O/c1-8-6-7-10(14(15)17)13-12(8)9-4-2-3-5-11(9)16-13/h6-7,9,11,16H,2-5H2,1H3,(H2,15,17). The molecule has 1 aliphatic heterocycles. The third kappa shape index (κ3) is 1.53. The first-order valence-corrected chi connectivity index (χ1v) is 6.38. The van der Waals surface area contributed by atoms with E-state index in [1.165, 1.54) is 36.8 Å². The van der Waals surface area contributed by atoms with Gasteiger partial charge >= 0.3 is 0 Å². The van der Waals surface area contributed by atoms with Crippen molar-refractivity contribution in [2.45, 2.75) is 44.6 Å². The number of nitrogens with two attached hydrogens (primary N) is 1. The molecule has 2 aliphatic rings. The van der Waals surface area contributed by atoms with Crippen molar-refractivity contribution in [1.82, 2.24) is 0 Å². The van der Waals surface area contributed by atoms with Gasteiger partial charge in [0, 0.05) is 12.0 Å². The van der Waals surface area contributed by atoms with E-state index >= 15 is 0 Å². The molecule has 3 heteroatoms. The first-order chi connectivity index (χ1) is 8.18. The second-order valence-electron chi connectivity index (χ2n) is 5.22. The second-order valence-corrected chi connectivity index (χ2v) is 5.22. The quantitative estimate of drug-likeness (QED) is 0.779. The molecule has 0 aromatic heterocycles. The Hall–Kier alpha value is -1.51. The number of fused-ring (bicyclic) bond motifs is 3. The number of amides is 1. The molecule has 1 aliphatic carbocycles. The van der Waals surface area contributed by atoms with E-state index in [9.17, 15) is 4.79 Å². The van der Waals surface area contributed by atoms with Crippen molar-refractivity contribution >= 4 is 11.6 Å². The fraction of sp³-hybridized carbons (Fsp3) is 0.500. The number of rotatable bonds is 1. The Bertz CT molecular complexity index is 481. The zero-order valence-corrected chi connectivity index (χ0v) is 10.1. The Morgan fingerprint density at radius 3 is 2.88 bits per heavy atom. The van der Waals surface area contributed by atoms with E-state index in [0.29, 0.717) is 17.5 Å². The summed E-state index contributed by atoms with van der Waals surface area (Å²) in [5.41, 5.74) is 9.73. The molecule has 3 rings (SSSR count). The predicted molar refractivity (Wildman–Crippen MR) is 68.3 cm³/mol. The number of hydrogen-bond acceptors (Lipinski definition) is 2. The summed E-state index contributed by atoms with van der Waals surface area (Å²) in [6.45, 7) is 2.13. The minimum Gasteiger partial charge on any atom is -0.381 e. The number of primary amides is 1. The van der Waals surface area contributed by atoms with E-state index in [0.717, 1.165) is 5.69 Å². The van der Waals surface area contributed by atoms with Crippen LogP contribution in [0.3, 0.4) is 0 Å². The van der Waals surface area contributed by atoms with E-state index in [4.69, 9.17) is 5.73 Å². The van der Waals surface area contributed by atoms with Gasteiger partial charge in [-0.15, -0.1) is 0 Å². The smallest absolute Gasteiger partial charge is 0.250 e. The van der Waals surface area contributed by atoms with E-state index in [2.05, 4.69) is 12.2 Å². The maximum atomic E-state index is 11.5. The summed E-state index contributed by atoms with van der Waals surface area (Å²) in [4.78, 5) is 11.5. The molecule has 2 unspecified atom stereocenters. The highest BCUT2D eigenvalue weighted by atomic mass is 16.1. The SMILES string of the molecule is Cc1ccc(C(N)=O)c2c1C1CCCCC1N2. The van der Waals surface area contributed by atoms with Crippen LogP contribution in [-0.4, -0.2) is 11.9 Å². The molecule has 1 aromatic rings. The number of nitrogens with one attached hydrogen (secondary N) is 1. The molecule has 1 saturated carbocycles. The van der Waals surface area contributed by atoms with Crippen molar-refractivity contribution in [2.24, 2.45) is 5.73 Å². The van der Waals surface area contributed by atoms with Gasteiger partial charge in [0.2, 0.25) is 0 Å². The largest absolute Gasteiger partial charge is 0.381 e. The molecule has 2 atom stereocenters. The molecule has 1 fully saturated rings. The maximum absolute atomic E-state index is 11.5. The van der Waals surface area contributed by atoms with E-state index in [-0.39, 0.29) is 5.91 Å². The summed E-state index contributed by atoms with van der Waals surface area (Å²) in [5.74, 6) is 0.255. The predicted octanol–water partition coefficient (Wildman–Crippen LogP) is 2.55. The lowest BCUT2D eigenvalue weighted by molar-refractivity contribution is 0.100. The van der Waals surface area contributed by atoms with E-state index < -0.39 is 0 Å². The molecule has 3 nitrogen and oxygen atoms in total. The van der Waals surface area contributed by atoms with Gasteiger partial charge in [0.25, 0.3) is 5.91 Å². The van der Waals surface area contributed by atoms with Gasteiger partial charge in [-0.2, -0.15) is 0 Å². The number of hydrogen-bond donors (Lipinski definition) is 2. The van der Waals surface area contributed by atoms with Crippen LogP contribution in [0.1, 0.15) is 53.1 Å². The molecule has 3 N–H and O–H groups in total. The number of anilines is 1. The van der Waals surface area contributed by atoms with Crippen LogP contribution in [0.25, 0.3) is 0 Å². The van der Waals surface area contributed by atoms with Crippen molar-refractivity contribution in [3.63, 3.8) is 0 Å². The van der Waals surface area contributed by atoms with Crippen LogP contribution >= 0.6 is 0 Å². The molecular formula is C14H18N2O. The van der Waals surface area contributed by atoms with Crippen molar-refractivity contribution in [3.05, 3.63) is 28.8 Å². The molecule has 0 radical (unpaired) electrons. The number of aryl methyl sites for hydroxylation is 1. The van der Waals surface area contributed by atoms with Crippen LogP contribution in [0.5, 0.6) is 0 Å². The van der Waals surface area contributed by atoms with E-state index in [1.54, 1.807) is 0 Å². The van der Waals surface area contributed by atoms with Gasteiger partial charge in [0.1, 0.15) is 0 Å². The Morgan fingerprint density at radius 2 is 2.12 bits per heavy atom. The second kappa shape index (κ2) is 3.76. The van der Waals surface area contributed by atoms with Crippen LogP contribution in [0.15, 0.2) is 12.1 Å². The molecule has 0 bridgehead atoms. The van der Waals surface area contributed by atoms with Gasteiger partial charge in [-0.25, -0.2) is 0 Å². The lowest BCUT2D eigenvalue weighted by Gasteiger charge is -2.25. The lowest BCUT2D eigenvalue weighted by atomic mass is 9.81. The topological polar surface area (TPSA) is 55.1 Å². The molecule has 90 valence electrons. The molecule has 0 spiro atoms. The van der Waals surface area contributed by atoms with Gasteiger partial charge in [-0.05, 0) is 37.0 Å². The molecular weight excluding hydrogens is 212 g/mol. The fourth-order valence-electron chi connectivity index (χ4n) is 3.40. The van der Waals surface area contributed by atoms with Crippen molar-refractivity contribution in [3.8, 4) is 0 Å².